The number of carbonyl (C=O) groups is 1. The normalized spacial score (nSPS) is 15.7. The van der Waals surface area contributed by atoms with E-state index < -0.39 is 6.10 Å². The first-order chi connectivity index (χ1) is 12.0. The van der Waals surface area contributed by atoms with Crippen molar-refractivity contribution in [3.05, 3.63) is 53.1 Å². The molecule has 0 bridgehead atoms. The number of anilines is 3. The van der Waals surface area contributed by atoms with Gasteiger partial charge in [0.05, 0.1) is 5.56 Å². The van der Waals surface area contributed by atoms with Gasteiger partial charge in [-0.3, -0.25) is 0 Å². The summed E-state index contributed by atoms with van der Waals surface area (Å²) in [6.45, 7) is 6.07. The van der Waals surface area contributed by atoms with Crippen LogP contribution in [0, 0.1) is 0 Å². The molecule has 1 unspecified atom stereocenters. The van der Waals surface area contributed by atoms with Crippen LogP contribution in [0.4, 0.5) is 17.1 Å². The second kappa shape index (κ2) is 6.67. The second-order valence-corrected chi connectivity index (χ2v) is 6.44. The van der Waals surface area contributed by atoms with E-state index in [-0.39, 0.29) is 5.97 Å². The smallest absolute Gasteiger partial charge is 0.339 e. The van der Waals surface area contributed by atoms with Gasteiger partial charge in [0.25, 0.3) is 0 Å². The molecule has 2 aromatic rings. The number of hydrogen-bond acceptors (Lipinski definition) is 5. The molecule has 0 saturated heterocycles. The lowest BCUT2D eigenvalue weighted by Gasteiger charge is -2.23. The molecule has 0 saturated carbocycles. The van der Waals surface area contributed by atoms with Crippen LogP contribution in [0.15, 0.2) is 36.4 Å². The van der Waals surface area contributed by atoms with E-state index in [1.54, 1.807) is 0 Å². The van der Waals surface area contributed by atoms with Crippen molar-refractivity contribution < 1.29 is 9.53 Å². The minimum absolute atomic E-state index is 0.295. The summed E-state index contributed by atoms with van der Waals surface area (Å²) in [5.41, 5.74) is 11.3. The van der Waals surface area contributed by atoms with E-state index in [4.69, 9.17) is 10.5 Å². The maximum atomic E-state index is 12.3. The molecule has 1 aliphatic rings. The Hall–Kier alpha value is -2.69. The monoisotopic (exact) mass is 339 g/mol. The van der Waals surface area contributed by atoms with Crippen molar-refractivity contribution in [3.8, 4) is 0 Å². The van der Waals surface area contributed by atoms with Gasteiger partial charge in [-0.05, 0) is 38.1 Å². The highest BCUT2D eigenvalue weighted by molar-refractivity contribution is 5.96. The molecule has 0 aromatic heterocycles. The van der Waals surface area contributed by atoms with Crippen LogP contribution in [-0.2, 0) is 4.74 Å². The fourth-order valence-corrected chi connectivity index (χ4v) is 3.28. The molecule has 25 heavy (non-hydrogen) atoms. The van der Waals surface area contributed by atoms with Crippen LogP contribution in [0.25, 0.3) is 0 Å². The molecule has 132 valence electrons. The summed E-state index contributed by atoms with van der Waals surface area (Å²) in [7, 11) is 3.90. The molecular weight excluding hydrogens is 314 g/mol. The zero-order chi connectivity index (χ0) is 18.1. The Bertz CT molecular complexity index is 798. The van der Waals surface area contributed by atoms with Gasteiger partial charge in [0.2, 0.25) is 0 Å². The summed E-state index contributed by atoms with van der Waals surface area (Å²) >= 11 is 0. The second-order valence-electron chi connectivity index (χ2n) is 6.44. The summed E-state index contributed by atoms with van der Waals surface area (Å²) in [5, 5.41) is 0. The molecule has 2 aromatic carbocycles. The number of esters is 1. The van der Waals surface area contributed by atoms with Crippen molar-refractivity contribution >= 4 is 23.0 Å². The molecule has 0 radical (unpaired) electrons. The first kappa shape index (κ1) is 17.1. The predicted molar refractivity (Wildman–Crippen MR) is 102 cm³/mol. The minimum atomic E-state index is -0.440. The quantitative estimate of drug-likeness (QED) is 0.668. The highest BCUT2D eigenvalue weighted by Crippen LogP contribution is 2.40. The van der Waals surface area contributed by atoms with Crippen LogP contribution < -0.4 is 15.5 Å². The fraction of sp³-hybridized carbons (Fsp3) is 0.350. The number of carbonyl (C=O) groups excluding carboxylic acids is 1. The van der Waals surface area contributed by atoms with Gasteiger partial charge in [-0.1, -0.05) is 12.1 Å². The van der Waals surface area contributed by atoms with Crippen molar-refractivity contribution in [1.82, 2.24) is 0 Å². The number of nitrogens with two attached hydrogens (primary N) is 1. The van der Waals surface area contributed by atoms with Crippen LogP contribution in [0.5, 0.6) is 0 Å². The number of cyclic esters (lactones) is 1. The summed E-state index contributed by atoms with van der Waals surface area (Å²) in [6.07, 6.45) is -0.440. The van der Waals surface area contributed by atoms with Crippen molar-refractivity contribution in [1.29, 1.82) is 0 Å². The Kier molecular flexibility index (Phi) is 4.57. The van der Waals surface area contributed by atoms with Crippen LogP contribution in [-0.4, -0.2) is 33.2 Å². The summed E-state index contributed by atoms with van der Waals surface area (Å²) < 4.78 is 5.64. The van der Waals surface area contributed by atoms with E-state index in [9.17, 15) is 4.79 Å². The van der Waals surface area contributed by atoms with Crippen LogP contribution in [0.3, 0.4) is 0 Å². The van der Waals surface area contributed by atoms with E-state index in [0.29, 0.717) is 11.3 Å². The number of benzene rings is 2. The molecule has 5 nitrogen and oxygen atoms in total. The zero-order valence-electron chi connectivity index (χ0n) is 15.2. The van der Waals surface area contributed by atoms with E-state index in [0.717, 1.165) is 35.6 Å². The minimum Gasteiger partial charge on any atom is -0.449 e. The third kappa shape index (κ3) is 3.02. The van der Waals surface area contributed by atoms with Crippen LogP contribution in [0.2, 0.25) is 0 Å². The van der Waals surface area contributed by atoms with Crippen molar-refractivity contribution in [2.75, 3.05) is 42.7 Å². The number of hydrogen-bond donors (Lipinski definition) is 1. The van der Waals surface area contributed by atoms with E-state index in [1.807, 2.05) is 55.4 Å². The summed E-state index contributed by atoms with van der Waals surface area (Å²) in [4.78, 5) is 16.5. The van der Waals surface area contributed by atoms with Crippen molar-refractivity contribution in [2.24, 2.45) is 0 Å². The molecule has 3 rings (SSSR count). The Labute approximate surface area is 149 Å². The maximum absolute atomic E-state index is 12.3. The number of nitrogens with zero attached hydrogens (tertiary/aromatic N) is 2. The molecule has 1 heterocycles. The molecule has 0 fully saturated rings. The summed E-state index contributed by atoms with van der Waals surface area (Å²) in [5.74, 6) is -0.295. The topological polar surface area (TPSA) is 58.8 Å². The number of rotatable bonds is 5. The van der Waals surface area contributed by atoms with Crippen molar-refractivity contribution in [2.45, 2.75) is 20.0 Å². The predicted octanol–water partition coefficient (Wildman–Crippen LogP) is 3.44. The number of fused-ring (bicyclic) bond motifs is 1. The third-order valence-corrected chi connectivity index (χ3v) is 4.76. The Morgan fingerprint density at radius 3 is 2.24 bits per heavy atom. The molecule has 2 N–H and O–H groups in total. The van der Waals surface area contributed by atoms with Gasteiger partial charge in [-0.2, -0.15) is 0 Å². The van der Waals surface area contributed by atoms with Crippen LogP contribution >= 0.6 is 0 Å². The summed E-state index contributed by atoms with van der Waals surface area (Å²) in [6, 6.07) is 11.8. The first-order valence-electron chi connectivity index (χ1n) is 8.62. The third-order valence-electron chi connectivity index (χ3n) is 4.76. The Morgan fingerprint density at radius 1 is 1.00 bits per heavy atom. The molecule has 0 spiro atoms. The lowest BCUT2D eigenvalue weighted by molar-refractivity contribution is 0.0457. The van der Waals surface area contributed by atoms with Gasteiger partial charge in [0.15, 0.2) is 6.10 Å². The standard InChI is InChI=1S/C20H25N3O2/c1-5-23(6-2)14-8-10-16(18(21)12-14)19-15-9-7-13(22(3)4)11-17(15)20(24)25-19/h7-12,19H,5-6,21H2,1-4H3. The molecule has 5 heteroatoms. The van der Waals surface area contributed by atoms with Gasteiger partial charge in [0, 0.05) is 55.4 Å². The fourth-order valence-electron chi connectivity index (χ4n) is 3.28. The van der Waals surface area contributed by atoms with Crippen molar-refractivity contribution in [3.63, 3.8) is 0 Å². The van der Waals surface area contributed by atoms with Gasteiger partial charge < -0.3 is 20.3 Å². The molecular formula is C20H25N3O2. The lowest BCUT2D eigenvalue weighted by Crippen LogP contribution is -2.22. The highest BCUT2D eigenvalue weighted by Gasteiger charge is 2.33. The van der Waals surface area contributed by atoms with Gasteiger partial charge >= 0.3 is 5.97 Å². The molecule has 0 aliphatic carbocycles. The number of nitrogen functional groups attached to an aromatic ring is 1. The van der Waals surface area contributed by atoms with E-state index in [1.165, 1.54) is 0 Å². The Morgan fingerprint density at radius 2 is 1.64 bits per heavy atom. The lowest BCUT2D eigenvalue weighted by atomic mass is 9.97. The maximum Gasteiger partial charge on any atom is 0.339 e. The number of ether oxygens (including phenoxy) is 1. The van der Waals surface area contributed by atoms with Gasteiger partial charge in [-0.25, -0.2) is 4.79 Å². The molecule has 0 amide bonds. The SMILES string of the molecule is CCN(CC)c1ccc(C2OC(=O)c3cc(N(C)C)ccc32)c(N)c1. The van der Waals surface area contributed by atoms with Gasteiger partial charge in [-0.15, -0.1) is 0 Å². The van der Waals surface area contributed by atoms with Crippen LogP contribution in [0.1, 0.15) is 41.4 Å². The average Bonchev–Trinajstić information content (AvgIpc) is 2.92. The largest absolute Gasteiger partial charge is 0.449 e. The Balaban J connectivity index is 1.98. The highest BCUT2D eigenvalue weighted by atomic mass is 16.5. The molecule has 1 aliphatic heterocycles. The molecule has 1 atom stereocenters. The average molecular weight is 339 g/mol. The van der Waals surface area contributed by atoms with E-state index >= 15 is 0 Å². The zero-order valence-corrected chi connectivity index (χ0v) is 15.2. The first-order valence-corrected chi connectivity index (χ1v) is 8.62. The van der Waals surface area contributed by atoms with Gasteiger partial charge in [0.1, 0.15) is 0 Å². The van der Waals surface area contributed by atoms with E-state index in [2.05, 4.69) is 18.7 Å².